The summed E-state index contributed by atoms with van der Waals surface area (Å²) in [4.78, 5) is 28.5. The maximum Gasteiger partial charge on any atom is 0.356 e. The molecule has 1 aliphatic heterocycles. The quantitative estimate of drug-likeness (QED) is 0.794. The van der Waals surface area contributed by atoms with E-state index in [9.17, 15) is 19.1 Å². The van der Waals surface area contributed by atoms with Gasteiger partial charge >= 0.3 is 5.97 Å². The number of carboxylic acid groups (broad SMARTS) is 1. The van der Waals surface area contributed by atoms with Crippen molar-refractivity contribution in [2.24, 2.45) is 5.92 Å². The molecule has 1 aromatic carbocycles. The van der Waals surface area contributed by atoms with Gasteiger partial charge in [0.25, 0.3) is 5.91 Å². The van der Waals surface area contributed by atoms with E-state index in [1.165, 1.54) is 6.07 Å². The van der Waals surface area contributed by atoms with E-state index in [2.05, 4.69) is 26.2 Å². The van der Waals surface area contributed by atoms with Gasteiger partial charge in [-0.3, -0.25) is 4.79 Å². The van der Waals surface area contributed by atoms with Crippen LogP contribution in [0.1, 0.15) is 52.1 Å². The molecule has 2 N–H and O–H groups in total. The van der Waals surface area contributed by atoms with Crippen LogP contribution in [0, 0.1) is 11.7 Å². The van der Waals surface area contributed by atoms with Crippen molar-refractivity contribution < 1.29 is 19.1 Å². The second-order valence-corrected chi connectivity index (χ2v) is 8.09. The maximum absolute atomic E-state index is 14.5. The van der Waals surface area contributed by atoms with Gasteiger partial charge in [0.1, 0.15) is 17.3 Å². The van der Waals surface area contributed by atoms with Crippen LogP contribution >= 0.6 is 15.9 Å². The Labute approximate surface area is 157 Å². The van der Waals surface area contributed by atoms with Gasteiger partial charge in [-0.1, -0.05) is 15.9 Å². The molecular formula is C18H17BrFN3O3. The monoisotopic (exact) mass is 421 g/mol. The largest absolute Gasteiger partial charge is 0.476 e. The first kappa shape index (κ1) is 17.2. The first-order chi connectivity index (χ1) is 12.3. The number of carbonyl (C=O) groups excluding carboxylic acids is 1. The Morgan fingerprint density at radius 3 is 2.88 bits per heavy atom. The van der Waals surface area contributed by atoms with Gasteiger partial charge in [-0.05, 0) is 43.9 Å². The summed E-state index contributed by atoms with van der Waals surface area (Å²) < 4.78 is 16.8. The van der Waals surface area contributed by atoms with E-state index < -0.39 is 23.2 Å². The molecule has 2 aliphatic rings. The highest BCUT2D eigenvalue weighted by molar-refractivity contribution is 9.10. The van der Waals surface area contributed by atoms with E-state index in [1.54, 1.807) is 23.6 Å². The third-order valence-corrected chi connectivity index (χ3v) is 5.51. The number of carboxylic acids is 1. The van der Waals surface area contributed by atoms with Gasteiger partial charge < -0.3 is 15.0 Å². The van der Waals surface area contributed by atoms with Crippen LogP contribution in [0.2, 0.25) is 0 Å². The summed E-state index contributed by atoms with van der Waals surface area (Å²) in [6, 6.07) is 4.57. The van der Waals surface area contributed by atoms with Gasteiger partial charge in [0.15, 0.2) is 5.69 Å². The van der Waals surface area contributed by atoms with Crippen LogP contribution in [0.4, 0.5) is 4.39 Å². The number of amides is 1. The highest BCUT2D eigenvalue weighted by Crippen LogP contribution is 2.36. The van der Waals surface area contributed by atoms with Crippen molar-refractivity contribution in [2.45, 2.75) is 38.3 Å². The smallest absolute Gasteiger partial charge is 0.356 e. The summed E-state index contributed by atoms with van der Waals surface area (Å²) in [6.07, 6.45) is 2.78. The van der Waals surface area contributed by atoms with Crippen LogP contribution in [-0.4, -0.2) is 26.5 Å². The highest BCUT2D eigenvalue weighted by Gasteiger charge is 2.42. The van der Waals surface area contributed by atoms with E-state index in [0.717, 1.165) is 12.8 Å². The number of hydrogen-bond donors (Lipinski definition) is 2. The van der Waals surface area contributed by atoms with Gasteiger partial charge in [0, 0.05) is 16.5 Å². The van der Waals surface area contributed by atoms with Gasteiger partial charge in [0.05, 0.1) is 12.1 Å². The molecule has 0 unspecified atom stereocenters. The summed E-state index contributed by atoms with van der Waals surface area (Å²) >= 11 is 3.34. The van der Waals surface area contributed by atoms with Gasteiger partial charge in [-0.25, -0.2) is 14.2 Å². The Morgan fingerprint density at radius 2 is 2.23 bits per heavy atom. The number of carbonyl (C=O) groups is 2. The van der Waals surface area contributed by atoms with Crippen molar-refractivity contribution in [3.8, 4) is 0 Å². The molecule has 1 fully saturated rings. The fourth-order valence-corrected chi connectivity index (χ4v) is 3.88. The molecule has 0 bridgehead atoms. The molecule has 1 aromatic heterocycles. The Kier molecular flexibility index (Phi) is 3.91. The summed E-state index contributed by atoms with van der Waals surface area (Å²) in [5.41, 5.74) is -0.864. The summed E-state index contributed by atoms with van der Waals surface area (Å²) in [6.45, 7) is 1.96. The number of benzene rings is 1. The van der Waals surface area contributed by atoms with Crippen molar-refractivity contribution in [3.63, 3.8) is 0 Å². The highest BCUT2D eigenvalue weighted by atomic mass is 79.9. The zero-order valence-electron chi connectivity index (χ0n) is 14.1. The molecule has 0 saturated heterocycles. The summed E-state index contributed by atoms with van der Waals surface area (Å²) in [5.74, 6) is -1.16. The van der Waals surface area contributed by atoms with Gasteiger partial charge in [0.2, 0.25) is 0 Å². The fraction of sp³-hybridized carbons (Fsp3) is 0.389. The van der Waals surface area contributed by atoms with Gasteiger partial charge in [-0.2, -0.15) is 0 Å². The van der Waals surface area contributed by atoms with Crippen LogP contribution in [0.3, 0.4) is 0 Å². The van der Waals surface area contributed by atoms with E-state index in [4.69, 9.17) is 0 Å². The molecule has 1 saturated carbocycles. The molecule has 2 aromatic rings. The number of nitrogens with zero attached hydrogens (tertiary/aromatic N) is 2. The zero-order valence-corrected chi connectivity index (χ0v) is 15.6. The number of nitrogens with one attached hydrogen (secondary N) is 1. The molecule has 6 nitrogen and oxygen atoms in total. The Hall–Kier alpha value is -2.22. The first-order valence-corrected chi connectivity index (χ1v) is 9.18. The second-order valence-electron chi connectivity index (χ2n) is 7.17. The van der Waals surface area contributed by atoms with E-state index in [0.29, 0.717) is 28.2 Å². The minimum atomic E-state index is -1.23. The molecular weight excluding hydrogens is 405 g/mol. The molecule has 1 aliphatic carbocycles. The van der Waals surface area contributed by atoms with Crippen molar-refractivity contribution in [3.05, 3.63) is 51.3 Å². The van der Waals surface area contributed by atoms with E-state index in [1.807, 2.05) is 0 Å². The molecule has 1 amide bonds. The predicted octanol–water partition coefficient (Wildman–Crippen LogP) is 3.09. The third-order valence-electron chi connectivity index (χ3n) is 5.02. The summed E-state index contributed by atoms with van der Waals surface area (Å²) in [5, 5.41) is 12.2. The van der Waals surface area contributed by atoms with Crippen molar-refractivity contribution >= 4 is 27.8 Å². The number of halogens is 2. The van der Waals surface area contributed by atoms with Crippen LogP contribution in [-0.2, 0) is 18.5 Å². The topological polar surface area (TPSA) is 84.2 Å². The van der Waals surface area contributed by atoms with E-state index in [-0.39, 0.29) is 17.9 Å². The maximum atomic E-state index is 14.5. The van der Waals surface area contributed by atoms with Crippen LogP contribution < -0.4 is 5.32 Å². The fourth-order valence-electron chi connectivity index (χ4n) is 3.52. The molecule has 2 heterocycles. The standard InChI is InChI=1S/C18H17BrFN3O3/c1-18(11-7-10(19)4-5-12(11)20)8-23-13(6-9-2-3-9)21-14(17(25)26)15(23)16(24)22-18/h4-5,7,9H,2-3,6,8H2,1H3,(H,22,24)(H,25,26)/t18-/m0/s1. The van der Waals surface area contributed by atoms with Crippen molar-refractivity contribution in [2.75, 3.05) is 0 Å². The van der Waals surface area contributed by atoms with Crippen LogP contribution in [0.25, 0.3) is 0 Å². The predicted molar refractivity (Wildman–Crippen MR) is 94.5 cm³/mol. The lowest BCUT2D eigenvalue weighted by atomic mass is 9.89. The number of aromatic carboxylic acids is 1. The summed E-state index contributed by atoms with van der Waals surface area (Å²) in [7, 11) is 0. The average Bonchev–Trinajstić information content (AvgIpc) is 3.30. The number of hydrogen-bond acceptors (Lipinski definition) is 3. The lowest BCUT2D eigenvalue weighted by Gasteiger charge is -2.37. The number of rotatable bonds is 4. The molecule has 136 valence electrons. The molecule has 8 heteroatoms. The van der Waals surface area contributed by atoms with Gasteiger partial charge in [-0.15, -0.1) is 0 Å². The normalized spacial score (nSPS) is 22.0. The number of imidazole rings is 1. The third kappa shape index (κ3) is 2.82. The molecule has 1 atom stereocenters. The number of fused-ring (bicyclic) bond motifs is 1. The lowest BCUT2D eigenvalue weighted by molar-refractivity contribution is 0.0678. The minimum Gasteiger partial charge on any atom is -0.476 e. The van der Waals surface area contributed by atoms with Crippen molar-refractivity contribution in [1.29, 1.82) is 0 Å². The van der Waals surface area contributed by atoms with Crippen LogP contribution in [0.15, 0.2) is 22.7 Å². The molecule has 26 heavy (non-hydrogen) atoms. The zero-order chi connectivity index (χ0) is 18.6. The Bertz CT molecular complexity index is 938. The first-order valence-electron chi connectivity index (χ1n) is 8.39. The second kappa shape index (κ2) is 5.90. The minimum absolute atomic E-state index is 0.0426. The molecule has 4 rings (SSSR count). The van der Waals surface area contributed by atoms with Crippen LogP contribution in [0.5, 0.6) is 0 Å². The lowest BCUT2D eigenvalue weighted by Crippen LogP contribution is -2.52. The SMILES string of the molecule is C[C@@]1(c2cc(Br)ccc2F)Cn2c(CC3CC3)nc(C(=O)O)c2C(=O)N1. The Balaban J connectivity index is 1.83. The Morgan fingerprint density at radius 1 is 1.50 bits per heavy atom. The van der Waals surface area contributed by atoms with E-state index >= 15 is 0 Å². The molecule has 0 radical (unpaired) electrons. The molecule has 0 spiro atoms. The average molecular weight is 422 g/mol. The number of aromatic nitrogens is 2. The van der Waals surface area contributed by atoms with Crippen molar-refractivity contribution in [1.82, 2.24) is 14.9 Å².